The summed E-state index contributed by atoms with van der Waals surface area (Å²) in [6.07, 6.45) is 4.87. The zero-order valence-electron chi connectivity index (χ0n) is 16.1. The van der Waals surface area contributed by atoms with Gasteiger partial charge >= 0.3 is 0 Å². The summed E-state index contributed by atoms with van der Waals surface area (Å²) in [5, 5.41) is 7.56. The molecule has 7 heteroatoms. The third kappa shape index (κ3) is 7.23. The summed E-state index contributed by atoms with van der Waals surface area (Å²) in [6.45, 7) is 6.40. The maximum absolute atomic E-state index is 6.03. The number of hydrogen-bond donors (Lipinski definition) is 1. The lowest BCUT2D eigenvalue weighted by atomic mass is 10.2. The summed E-state index contributed by atoms with van der Waals surface area (Å²) in [7, 11) is 3.96. The maximum Gasteiger partial charge on any atom is 0.194 e. The van der Waals surface area contributed by atoms with Gasteiger partial charge in [0.05, 0.1) is 12.7 Å². The second-order valence-electron chi connectivity index (χ2n) is 6.03. The number of aryl methyl sites for hydroxylation is 1. The fourth-order valence-electron chi connectivity index (χ4n) is 2.50. The SMILES string of the molecule is CCNC(=NCC(CC)Oc1ccccc1)N(C)Cc1cnn(C)c1.I. The van der Waals surface area contributed by atoms with Gasteiger partial charge in [0.25, 0.3) is 0 Å². The highest BCUT2D eigenvalue weighted by Gasteiger charge is 2.11. The van der Waals surface area contributed by atoms with Gasteiger partial charge in [-0.3, -0.25) is 4.68 Å². The number of ether oxygens (including phenoxy) is 1. The number of nitrogens with zero attached hydrogens (tertiary/aromatic N) is 4. The Labute approximate surface area is 173 Å². The molecule has 1 aromatic carbocycles. The van der Waals surface area contributed by atoms with Crippen LogP contribution in [0, 0.1) is 0 Å². The molecular formula is C19H30IN5O. The Hall–Kier alpha value is -1.77. The largest absolute Gasteiger partial charge is 0.489 e. The van der Waals surface area contributed by atoms with Gasteiger partial charge in [0.1, 0.15) is 11.9 Å². The van der Waals surface area contributed by atoms with Crippen LogP contribution in [0.2, 0.25) is 0 Å². The van der Waals surface area contributed by atoms with Crippen LogP contribution in [-0.2, 0) is 13.6 Å². The number of para-hydroxylation sites is 1. The molecule has 0 fully saturated rings. The first-order valence-electron chi connectivity index (χ1n) is 8.81. The fourth-order valence-corrected chi connectivity index (χ4v) is 2.50. The van der Waals surface area contributed by atoms with E-state index in [1.54, 1.807) is 0 Å². The van der Waals surface area contributed by atoms with Crippen molar-refractivity contribution in [1.82, 2.24) is 20.0 Å². The standard InChI is InChI=1S/C19H29N5O.HI/c1-5-17(25-18-10-8-7-9-11-18)13-21-19(20-6-2)23(3)14-16-12-22-24(4)15-16;/h7-12,15,17H,5-6,13-14H2,1-4H3,(H,20,21);1H. The van der Waals surface area contributed by atoms with Crippen LogP contribution in [0.15, 0.2) is 47.7 Å². The van der Waals surface area contributed by atoms with Crippen LogP contribution in [0.4, 0.5) is 0 Å². The average Bonchev–Trinajstić information content (AvgIpc) is 3.02. The molecule has 0 saturated carbocycles. The topological polar surface area (TPSA) is 54.7 Å². The quantitative estimate of drug-likeness (QED) is 0.365. The second-order valence-corrected chi connectivity index (χ2v) is 6.03. The van der Waals surface area contributed by atoms with E-state index in [-0.39, 0.29) is 30.1 Å². The van der Waals surface area contributed by atoms with Gasteiger partial charge in [-0.05, 0) is 25.5 Å². The van der Waals surface area contributed by atoms with Gasteiger partial charge < -0.3 is 15.0 Å². The lowest BCUT2D eigenvalue weighted by Gasteiger charge is -2.23. The van der Waals surface area contributed by atoms with Gasteiger partial charge in [-0.15, -0.1) is 24.0 Å². The first-order valence-corrected chi connectivity index (χ1v) is 8.81. The Morgan fingerprint density at radius 2 is 2.04 bits per heavy atom. The molecule has 144 valence electrons. The summed E-state index contributed by atoms with van der Waals surface area (Å²) in [4.78, 5) is 6.87. The van der Waals surface area contributed by atoms with Gasteiger partial charge in [0, 0.05) is 38.9 Å². The Bertz CT molecular complexity index is 659. The molecule has 2 aromatic rings. The maximum atomic E-state index is 6.03. The Balaban J connectivity index is 0.00000338. The highest BCUT2D eigenvalue weighted by atomic mass is 127. The van der Waals surface area contributed by atoms with E-state index in [2.05, 4.69) is 29.2 Å². The van der Waals surface area contributed by atoms with Crippen LogP contribution >= 0.6 is 24.0 Å². The predicted octanol–water partition coefficient (Wildman–Crippen LogP) is 3.29. The number of aromatic nitrogens is 2. The van der Waals surface area contributed by atoms with E-state index in [1.165, 1.54) is 0 Å². The minimum absolute atomic E-state index is 0. The van der Waals surface area contributed by atoms with Crippen LogP contribution in [-0.4, -0.2) is 46.9 Å². The molecule has 0 aliphatic heterocycles. The monoisotopic (exact) mass is 471 g/mol. The van der Waals surface area contributed by atoms with Gasteiger partial charge in [-0.2, -0.15) is 5.10 Å². The predicted molar refractivity (Wildman–Crippen MR) is 117 cm³/mol. The van der Waals surface area contributed by atoms with Crippen LogP contribution in [0.25, 0.3) is 0 Å². The first-order chi connectivity index (χ1) is 12.1. The molecule has 0 amide bonds. The molecule has 0 aliphatic carbocycles. The molecule has 1 aromatic heterocycles. The van der Waals surface area contributed by atoms with E-state index >= 15 is 0 Å². The summed E-state index contributed by atoms with van der Waals surface area (Å²) < 4.78 is 7.84. The number of halogens is 1. The molecule has 1 N–H and O–H groups in total. The Morgan fingerprint density at radius 1 is 1.31 bits per heavy atom. The molecular weight excluding hydrogens is 441 g/mol. The van der Waals surface area contributed by atoms with Crippen molar-refractivity contribution in [1.29, 1.82) is 0 Å². The van der Waals surface area contributed by atoms with Crippen molar-refractivity contribution in [3.8, 4) is 5.75 Å². The zero-order chi connectivity index (χ0) is 18.1. The van der Waals surface area contributed by atoms with Crippen LogP contribution in [0.3, 0.4) is 0 Å². The van der Waals surface area contributed by atoms with Gasteiger partial charge in [0.2, 0.25) is 0 Å². The smallest absolute Gasteiger partial charge is 0.194 e. The number of rotatable bonds is 8. The second kappa shape index (κ2) is 11.8. The van der Waals surface area contributed by atoms with Crippen LogP contribution in [0.5, 0.6) is 5.75 Å². The minimum Gasteiger partial charge on any atom is -0.489 e. The molecule has 0 aliphatic rings. The average molecular weight is 471 g/mol. The van der Waals surface area contributed by atoms with Crippen molar-refractivity contribution in [3.05, 3.63) is 48.3 Å². The molecule has 0 spiro atoms. The Kier molecular flexibility index (Phi) is 10.1. The minimum atomic E-state index is 0. The molecule has 1 unspecified atom stereocenters. The first kappa shape index (κ1) is 22.3. The van der Waals surface area contributed by atoms with Crippen LogP contribution < -0.4 is 10.1 Å². The summed E-state index contributed by atoms with van der Waals surface area (Å²) in [6, 6.07) is 9.91. The number of nitrogens with one attached hydrogen (secondary N) is 1. The van der Waals surface area contributed by atoms with E-state index in [9.17, 15) is 0 Å². The third-order valence-corrected chi connectivity index (χ3v) is 3.82. The van der Waals surface area contributed by atoms with Gasteiger partial charge in [-0.1, -0.05) is 25.1 Å². The molecule has 6 nitrogen and oxygen atoms in total. The van der Waals surface area contributed by atoms with Crippen molar-refractivity contribution >= 4 is 29.9 Å². The Morgan fingerprint density at radius 3 is 2.62 bits per heavy atom. The molecule has 1 heterocycles. The van der Waals surface area contributed by atoms with E-state index in [1.807, 2.05) is 61.5 Å². The summed E-state index contributed by atoms with van der Waals surface area (Å²) in [5.41, 5.74) is 1.16. The fraction of sp³-hybridized carbons (Fsp3) is 0.474. The van der Waals surface area contributed by atoms with Crippen molar-refractivity contribution in [2.45, 2.75) is 32.9 Å². The summed E-state index contributed by atoms with van der Waals surface area (Å²) >= 11 is 0. The molecule has 2 rings (SSSR count). The van der Waals surface area contributed by atoms with E-state index < -0.39 is 0 Å². The van der Waals surface area contributed by atoms with Crippen molar-refractivity contribution in [2.75, 3.05) is 20.1 Å². The number of guanidine groups is 1. The van der Waals surface area contributed by atoms with Crippen molar-refractivity contribution in [3.63, 3.8) is 0 Å². The van der Waals surface area contributed by atoms with E-state index in [0.29, 0.717) is 6.54 Å². The van der Waals surface area contributed by atoms with Crippen molar-refractivity contribution < 1.29 is 4.74 Å². The highest BCUT2D eigenvalue weighted by Crippen LogP contribution is 2.13. The third-order valence-electron chi connectivity index (χ3n) is 3.82. The number of benzene rings is 1. The zero-order valence-corrected chi connectivity index (χ0v) is 18.4. The summed E-state index contributed by atoms with van der Waals surface area (Å²) in [5.74, 6) is 1.76. The van der Waals surface area contributed by atoms with E-state index in [0.717, 1.165) is 36.8 Å². The lowest BCUT2D eigenvalue weighted by Crippen LogP contribution is -2.39. The van der Waals surface area contributed by atoms with E-state index in [4.69, 9.17) is 9.73 Å². The van der Waals surface area contributed by atoms with Crippen LogP contribution in [0.1, 0.15) is 25.8 Å². The molecule has 0 radical (unpaired) electrons. The van der Waals surface area contributed by atoms with Crippen molar-refractivity contribution in [2.24, 2.45) is 12.0 Å². The molecule has 1 atom stereocenters. The van der Waals surface area contributed by atoms with Gasteiger partial charge in [0.15, 0.2) is 5.96 Å². The number of hydrogen-bond acceptors (Lipinski definition) is 3. The highest BCUT2D eigenvalue weighted by molar-refractivity contribution is 14.0. The number of aliphatic imine (C=N–C) groups is 1. The molecule has 0 bridgehead atoms. The molecule has 0 saturated heterocycles. The van der Waals surface area contributed by atoms with Gasteiger partial charge in [-0.25, -0.2) is 4.99 Å². The molecule has 26 heavy (non-hydrogen) atoms. The normalized spacial score (nSPS) is 12.2. The lowest BCUT2D eigenvalue weighted by molar-refractivity contribution is 0.205.